The van der Waals surface area contributed by atoms with Gasteiger partial charge in [-0.2, -0.15) is 0 Å². The second-order valence-electron chi connectivity index (χ2n) is 7.25. The van der Waals surface area contributed by atoms with Crippen molar-refractivity contribution in [3.63, 3.8) is 0 Å². The van der Waals surface area contributed by atoms with Crippen LogP contribution in [0.25, 0.3) is 0 Å². The molecule has 30 heavy (non-hydrogen) atoms. The summed E-state index contributed by atoms with van der Waals surface area (Å²) in [4.78, 5) is 38.6. The molecule has 0 unspecified atom stereocenters. The van der Waals surface area contributed by atoms with Gasteiger partial charge in [0.25, 0.3) is 11.8 Å². The molecule has 0 aliphatic heterocycles. The fourth-order valence-corrected chi connectivity index (χ4v) is 2.89. The Morgan fingerprint density at radius 2 is 1.53 bits per heavy atom. The molecule has 2 N–H and O–H groups in total. The van der Waals surface area contributed by atoms with Crippen LogP contribution < -0.4 is 20.1 Å². The third-order valence-electron chi connectivity index (χ3n) is 4.77. The van der Waals surface area contributed by atoms with Crippen LogP contribution in [0.15, 0.2) is 36.4 Å². The number of carbonyl (C=O) groups is 3. The standard InChI is InChI=1S/C22H25N3O5/c1-25(2)22(28)16-11-18(29-3)19(30-4)12-17(16)24-21(27)14-7-9-15(10-8-14)23-20(26)13-5-6-13/h7-13H,5-6H2,1-4H3,(H,23,26)(H,24,27). The van der Waals surface area contributed by atoms with E-state index in [4.69, 9.17) is 9.47 Å². The molecule has 1 fully saturated rings. The summed E-state index contributed by atoms with van der Waals surface area (Å²) in [6, 6.07) is 9.68. The molecule has 8 nitrogen and oxygen atoms in total. The van der Waals surface area contributed by atoms with Crippen LogP contribution in [0.4, 0.5) is 11.4 Å². The molecule has 158 valence electrons. The monoisotopic (exact) mass is 411 g/mol. The number of hydrogen-bond donors (Lipinski definition) is 2. The van der Waals surface area contributed by atoms with Crippen molar-refractivity contribution in [2.24, 2.45) is 5.92 Å². The van der Waals surface area contributed by atoms with Crippen LogP contribution in [0.1, 0.15) is 33.6 Å². The van der Waals surface area contributed by atoms with Crippen molar-refractivity contribution in [1.29, 1.82) is 0 Å². The third-order valence-corrected chi connectivity index (χ3v) is 4.77. The summed E-state index contributed by atoms with van der Waals surface area (Å²) in [6.07, 6.45) is 1.84. The minimum Gasteiger partial charge on any atom is -0.493 e. The van der Waals surface area contributed by atoms with Crippen molar-refractivity contribution < 1.29 is 23.9 Å². The summed E-state index contributed by atoms with van der Waals surface area (Å²) in [6.45, 7) is 0. The fraction of sp³-hybridized carbons (Fsp3) is 0.318. The molecule has 0 spiro atoms. The van der Waals surface area contributed by atoms with Gasteiger partial charge in [0.15, 0.2) is 11.5 Å². The Hall–Kier alpha value is -3.55. The first-order valence-electron chi connectivity index (χ1n) is 9.54. The lowest BCUT2D eigenvalue weighted by Crippen LogP contribution is -2.24. The number of amides is 3. The van der Waals surface area contributed by atoms with E-state index >= 15 is 0 Å². The van der Waals surface area contributed by atoms with Crippen LogP contribution in [0.3, 0.4) is 0 Å². The van der Waals surface area contributed by atoms with Gasteiger partial charge in [-0.3, -0.25) is 14.4 Å². The van der Waals surface area contributed by atoms with Crippen LogP contribution in [0.5, 0.6) is 11.5 Å². The zero-order chi connectivity index (χ0) is 21.8. The minimum absolute atomic E-state index is 0.00405. The van der Waals surface area contributed by atoms with Gasteiger partial charge in [0.2, 0.25) is 5.91 Å². The summed E-state index contributed by atoms with van der Waals surface area (Å²) in [5.74, 6) is 0.201. The van der Waals surface area contributed by atoms with E-state index in [1.165, 1.54) is 25.2 Å². The Balaban J connectivity index is 1.82. The first-order chi connectivity index (χ1) is 14.3. The number of nitrogens with zero attached hydrogens (tertiary/aromatic N) is 1. The highest BCUT2D eigenvalue weighted by Gasteiger charge is 2.29. The van der Waals surface area contributed by atoms with Crippen LogP contribution in [0.2, 0.25) is 0 Å². The largest absolute Gasteiger partial charge is 0.493 e. The SMILES string of the molecule is COc1cc(NC(=O)c2ccc(NC(=O)C3CC3)cc2)c(C(=O)N(C)C)cc1OC. The number of nitrogens with one attached hydrogen (secondary N) is 2. The van der Waals surface area contributed by atoms with Gasteiger partial charge in [-0.25, -0.2) is 0 Å². The molecule has 1 aliphatic rings. The van der Waals surface area contributed by atoms with E-state index in [1.54, 1.807) is 44.4 Å². The average Bonchev–Trinajstić information content (AvgIpc) is 3.58. The van der Waals surface area contributed by atoms with Gasteiger partial charge in [0, 0.05) is 37.3 Å². The molecule has 0 aromatic heterocycles. The zero-order valence-corrected chi connectivity index (χ0v) is 17.4. The molecule has 2 aromatic carbocycles. The Bertz CT molecular complexity index is 965. The smallest absolute Gasteiger partial charge is 0.255 e. The maximum absolute atomic E-state index is 12.8. The first-order valence-corrected chi connectivity index (χ1v) is 9.54. The highest BCUT2D eigenvalue weighted by molar-refractivity contribution is 6.09. The molecule has 0 saturated heterocycles. The number of methoxy groups -OCH3 is 2. The van der Waals surface area contributed by atoms with E-state index in [2.05, 4.69) is 10.6 Å². The Morgan fingerprint density at radius 3 is 2.07 bits per heavy atom. The maximum Gasteiger partial charge on any atom is 0.255 e. The predicted molar refractivity (Wildman–Crippen MR) is 113 cm³/mol. The molecule has 2 aromatic rings. The van der Waals surface area contributed by atoms with Crippen LogP contribution in [-0.4, -0.2) is 50.9 Å². The molecule has 8 heteroatoms. The normalized spacial score (nSPS) is 12.7. The average molecular weight is 411 g/mol. The van der Waals surface area contributed by atoms with Crippen molar-refractivity contribution >= 4 is 29.1 Å². The molecule has 0 radical (unpaired) electrons. The lowest BCUT2D eigenvalue weighted by Gasteiger charge is -2.18. The van der Waals surface area contributed by atoms with Crippen molar-refractivity contribution in [3.05, 3.63) is 47.5 Å². The number of benzene rings is 2. The van der Waals surface area contributed by atoms with Gasteiger partial charge in [0.1, 0.15) is 0 Å². The molecule has 0 bridgehead atoms. The number of carbonyl (C=O) groups excluding carboxylic acids is 3. The molecule has 1 aliphatic carbocycles. The fourth-order valence-electron chi connectivity index (χ4n) is 2.89. The van der Waals surface area contributed by atoms with Crippen LogP contribution in [-0.2, 0) is 4.79 Å². The summed E-state index contributed by atoms with van der Waals surface area (Å²) >= 11 is 0. The lowest BCUT2D eigenvalue weighted by atomic mass is 10.1. The van der Waals surface area contributed by atoms with Crippen molar-refractivity contribution in [3.8, 4) is 11.5 Å². The highest BCUT2D eigenvalue weighted by Crippen LogP contribution is 2.34. The summed E-state index contributed by atoms with van der Waals surface area (Å²) in [7, 11) is 6.20. The van der Waals surface area contributed by atoms with Gasteiger partial charge >= 0.3 is 0 Å². The Labute approximate surface area is 175 Å². The molecule has 1 saturated carbocycles. The molecule has 3 rings (SSSR count). The summed E-state index contributed by atoms with van der Waals surface area (Å²) in [5, 5.41) is 5.60. The zero-order valence-electron chi connectivity index (χ0n) is 17.4. The Morgan fingerprint density at radius 1 is 0.933 bits per heavy atom. The van der Waals surface area contributed by atoms with E-state index < -0.39 is 5.91 Å². The van der Waals surface area contributed by atoms with Gasteiger partial charge < -0.3 is 25.0 Å². The lowest BCUT2D eigenvalue weighted by molar-refractivity contribution is -0.117. The first kappa shape index (κ1) is 21.2. The maximum atomic E-state index is 12.8. The second-order valence-corrected chi connectivity index (χ2v) is 7.25. The topological polar surface area (TPSA) is 97.0 Å². The molecule has 3 amide bonds. The van der Waals surface area contributed by atoms with Crippen molar-refractivity contribution in [2.45, 2.75) is 12.8 Å². The van der Waals surface area contributed by atoms with E-state index in [1.807, 2.05) is 0 Å². The second kappa shape index (κ2) is 8.86. The van der Waals surface area contributed by atoms with E-state index in [0.717, 1.165) is 12.8 Å². The third kappa shape index (κ3) is 4.71. The molecule has 0 heterocycles. The van der Waals surface area contributed by atoms with E-state index in [9.17, 15) is 14.4 Å². The van der Waals surface area contributed by atoms with Gasteiger partial charge in [-0.05, 0) is 43.2 Å². The number of anilines is 2. The summed E-state index contributed by atoms with van der Waals surface area (Å²) < 4.78 is 10.6. The minimum atomic E-state index is -0.393. The Kier molecular flexibility index (Phi) is 6.25. The highest BCUT2D eigenvalue weighted by atomic mass is 16.5. The van der Waals surface area contributed by atoms with Crippen molar-refractivity contribution in [1.82, 2.24) is 4.90 Å². The molecule has 0 atom stereocenters. The number of hydrogen-bond acceptors (Lipinski definition) is 5. The molecular formula is C22H25N3O5. The summed E-state index contributed by atoms with van der Waals surface area (Å²) in [5.41, 5.74) is 1.61. The van der Waals surface area contributed by atoms with Gasteiger partial charge in [0.05, 0.1) is 25.5 Å². The van der Waals surface area contributed by atoms with E-state index in [-0.39, 0.29) is 23.3 Å². The molecular weight excluding hydrogens is 386 g/mol. The van der Waals surface area contributed by atoms with Crippen molar-refractivity contribution in [2.75, 3.05) is 38.9 Å². The van der Waals surface area contributed by atoms with Gasteiger partial charge in [-0.15, -0.1) is 0 Å². The quantitative estimate of drug-likeness (QED) is 0.730. The van der Waals surface area contributed by atoms with Gasteiger partial charge in [-0.1, -0.05) is 0 Å². The van der Waals surface area contributed by atoms with Crippen LogP contribution >= 0.6 is 0 Å². The predicted octanol–water partition coefficient (Wildman–Crippen LogP) is 3.01. The number of rotatable bonds is 7. The number of ether oxygens (including phenoxy) is 2. The van der Waals surface area contributed by atoms with Crippen LogP contribution in [0, 0.1) is 5.92 Å². The van der Waals surface area contributed by atoms with E-state index in [0.29, 0.717) is 28.4 Å².